The van der Waals surface area contributed by atoms with Gasteiger partial charge in [-0.25, -0.2) is 4.79 Å². The summed E-state index contributed by atoms with van der Waals surface area (Å²) < 4.78 is 11.5. The lowest BCUT2D eigenvalue weighted by Gasteiger charge is -2.09. The maximum absolute atomic E-state index is 12.5. The fourth-order valence-electron chi connectivity index (χ4n) is 2.34. The van der Waals surface area contributed by atoms with Crippen LogP contribution in [0.2, 0.25) is 0 Å². The summed E-state index contributed by atoms with van der Waals surface area (Å²) in [6.07, 6.45) is 0. The Kier molecular flexibility index (Phi) is 4.57. The smallest absolute Gasteiger partial charge is 0.349 e. The standard InChI is InChI=1S/C18H14INO4/c1-10-7-12(19)3-5-15(10)20-17(21)14-9-11-8-13(23-2)4-6-16(11)24-18(14)22/h3-9H,1-2H3,(H,20,21). The number of hydrogen-bond acceptors (Lipinski definition) is 4. The molecule has 3 aromatic rings. The van der Waals surface area contributed by atoms with Crippen LogP contribution in [-0.2, 0) is 0 Å². The number of carbonyl (C=O) groups is 1. The van der Waals surface area contributed by atoms with Crippen molar-refractivity contribution in [3.63, 3.8) is 0 Å². The van der Waals surface area contributed by atoms with E-state index in [1.165, 1.54) is 6.07 Å². The predicted molar refractivity (Wildman–Crippen MR) is 101 cm³/mol. The molecule has 0 fully saturated rings. The van der Waals surface area contributed by atoms with Crippen LogP contribution < -0.4 is 15.7 Å². The van der Waals surface area contributed by atoms with E-state index in [9.17, 15) is 9.59 Å². The van der Waals surface area contributed by atoms with E-state index in [2.05, 4.69) is 27.9 Å². The number of halogens is 1. The minimum absolute atomic E-state index is 0.0475. The number of benzene rings is 2. The van der Waals surface area contributed by atoms with Crippen molar-refractivity contribution >= 4 is 45.2 Å². The van der Waals surface area contributed by atoms with Crippen molar-refractivity contribution in [3.05, 3.63) is 67.6 Å². The number of amides is 1. The SMILES string of the molecule is COc1ccc2oc(=O)c(C(=O)Nc3ccc(I)cc3C)cc2c1. The molecule has 1 aromatic heterocycles. The molecule has 0 unspecified atom stereocenters. The second kappa shape index (κ2) is 6.64. The van der Waals surface area contributed by atoms with Crippen molar-refractivity contribution in [3.8, 4) is 5.75 Å². The minimum Gasteiger partial charge on any atom is -0.497 e. The van der Waals surface area contributed by atoms with Crippen molar-refractivity contribution < 1.29 is 13.9 Å². The third-order valence-electron chi connectivity index (χ3n) is 3.62. The molecule has 5 nitrogen and oxygen atoms in total. The lowest BCUT2D eigenvalue weighted by atomic mass is 10.1. The highest BCUT2D eigenvalue weighted by atomic mass is 127. The van der Waals surface area contributed by atoms with E-state index < -0.39 is 11.5 Å². The molecular weight excluding hydrogens is 421 g/mol. The molecule has 0 spiro atoms. The third-order valence-corrected chi connectivity index (χ3v) is 4.29. The number of ether oxygens (including phenoxy) is 1. The Morgan fingerprint density at radius 1 is 1.17 bits per heavy atom. The molecule has 0 bridgehead atoms. The number of carbonyl (C=O) groups excluding carboxylic acids is 1. The zero-order chi connectivity index (χ0) is 17.3. The molecule has 6 heteroatoms. The molecule has 0 radical (unpaired) electrons. The first kappa shape index (κ1) is 16.5. The van der Waals surface area contributed by atoms with Gasteiger partial charge in [0, 0.05) is 14.6 Å². The van der Waals surface area contributed by atoms with Gasteiger partial charge in [-0.05, 0) is 77.5 Å². The van der Waals surface area contributed by atoms with Gasteiger partial charge in [-0.1, -0.05) is 0 Å². The second-order valence-corrected chi connectivity index (χ2v) is 6.51. The lowest BCUT2D eigenvalue weighted by Crippen LogP contribution is -2.21. The van der Waals surface area contributed by atoms with Gasteiger partial charge in [0.2, 0.25) is 0 Å². The van der Waals surface area contributed by atoms with Crippen LogP contribution in [0.4, 0.5) is 5.69 Å². The third kappa shape index (κ3) is 3.28. The summed E-state index contributed by atoms with van der Waals surface area (Å²) in [4.78, 5) is 24.6. The molecule has 0 saturated heterocycles. The molecule has 1 heterocycles. The van der Waals surface area contributed by atoms with Crippen molar-refractivity contribution in [1.82, 2.24) is 0 Å². The highest BCUT2D eigenvalue weighted by Crippen LogP contribution is 2.22. The van der Waals surface area contributed by atoms with Gasteiger partial charge >= 0.3 is 5.63 Å². The fourth-order valence-corrected chi connectivity index (χ4v) is 2.99. The molecule has 0 aliphatic heterocycles. The first-order valence-electron chi connectivity index (χ1n) is 7.17. The number of anilines is 1. The zero-order valence-corrected chi connectivity index (χ0v) is 15.2. The summed E-state index contributed by atoms with van der Waals surface area (Å²) in [5.41, 5.74) is 1.26. The molecule has 1 amide bonds. The van der Waals surface area contributed by atoms with E-state index in [4.69, 9.17) is 9.15 Å². The van der Waals surface area contributed by atoms with Crippen LogP contribution in [0, 0.1) is 10.5 Å². The molecule has 1 N–H and O–H groups in total. The number of nitrogens with one attached hydrogen (secondary N) is 1. The molecule has 0 aliphatic carbocycles. The van der Waals surface area contributed by atoms with Gasteiger partial charge in [0.15, 0.2) is 0 Å². The molecule has 0 saturated carbocycles. The highest BCUT2D eigenvalue weighted by Gasteiger charge is 2.15. The van der Waals surface area contributed by atoms with Crippen molar-refractivity contribution in [1.29, 1.82) is 0 Å². The Bertz CT molecular complexity index is 994. The van der Waals surface area contributed by atoms with Crippen molar-refractivity contribution in [2.75, 3.05) is 12.4 Å². The molecule has 122 valence electrons. The number of methoxy groups -OCH3 is 1. The Hall–Kier alpha value is -2.35. The summed E-state index contributed by atoms with van der Waals surface area (Å²) in [5, 5.41) is 3.38. The molecule has 2 aromatic carbocycles. The van der Waals surface area contributed by atoms with E-state index in [0.717, 1.165) is 9.13 Å². The Balaban J connectivity index is 1.99. The van der Waals surface area contributed by atoms with Crippen LogP contribution in [0.5, 0.6) is 5.75 Å². The Labute approximate surface area is 151 Å². The number of hydrogen-bond donors (Lipinski definition) is 1. The van der Waals surface area contributed by atoms with E-state index >= 15 is 0 Å². The van der Waals surface area contributed by atoms with Crippen LogP contribution >= 0.6 is 22.6 Å². The summed E-state index contributed by atoms with van der Waals surface area (Å²) in [6, 6.07) is 12.2. The van der Waals surface area contributed by atoms with Crippen LogP contribution in [0.1, 0.15) is 15.9 Å². The van der Waals surface area contributed by atoms with Crippen LogP contribution in [0.15, 0.2) is 51.7 Å². The Morgan fingerprint density at radius 2 is 1.96 bits per heavy atom. The monoisotopic (exact) mass is 435 g/mol. The number of fused-ring (bicyclic) bond motifs is 1. The highest BCUT2D eigenvalue weighted by molar-refractivity contribution is 14.1. The number of aryl methyl sites for hydroxylation is 1. The van der Waals surface area contributed by atoms with Gasteiger partial charge in [-0.3, -0.25) is 4.79 Å². The largest absolute Gasteiger partial charge is 0.497 e. The minimum atomic E-state index is -0.673. The van der Waals surface area contributed by atoms with Gasteiger partial charge < -0.3 is 14.5 Å². The van der Waals surface area contributed by atoms with E-state index in [1.807, 2.05) is 19.1 Å². The topological polar surface area (TPSA) is 68.5 Å². The Morgan fingerprint density at radius 3 is 2.67 bits per heavy atom. The summed E-state index contributed by atoms with van der Waals surface area (Å²) in [5.74, 6) is 0.119. The quantitative estimate of drug-likeness (QED) is 0.500. The molecule has 3 rings (SSSR count). The van der Waals surface area contributed by atoms with Gasteiger partial charge in [0.25, 0.3) is 5.91 Å². The molecule has 0 atom stereocenters. The van der Waals surface area contributed by atoms with E-state index in [-0.39, 0.29) is 5.56 Å². The van der Waals surface area contributed by atoms with Crippen LogP contribution in [0.3, 0.4) is 0 Å². The maximum atomic E-state index is 12.5. The van der Waals surface area contributed by atoms with E-state index in [1.54, 1.807) is 31.4 Å². The van der Waals surface area contributed by atoms with Crippen LogP contribution in [-0.4, -0.2) is 13.0 Å². The molecule has 24 heavy (non-hydrogen) atoms. The maximum Gasteiger partial charge on any atom is 0.349 e. The summed E-state index contributed by atoms with van der Waals surface area (Å²) in [7, 11) is 1.55. The first-order valence-corrected chi connectivity index (χ1v) is 8.25. The van der Waals surface area contributed by atoms with E-state index in [0.29, 0.717) is 22.4 Å². The average molecular weight is 435 g/mol. The summed E-state index contributed by atoms with van der Waals surface area (Å²) in [6.45, 7) is 1.89. The fraction of sp³-hybridized carbons (Fsp3) is 0.111. The second-order valence-electron chi connectivity index (χ2n) is 5.26. The van der Waals surface area contributed by atoms with Crippen molar-refractivity contribution in [2.24, 2.45) is 0 Å². The predicted octanol–water partition coefficient (Wildman–Crippen LogP) is 3.97. The van der Waals surface area contributed by atoms with Gasteiger partial charge in [0.1, 0.15) is 16.9 Å². The lowest BCUT2D eigenvalue weighted by molar-refractivity contribution is 0.102. The van der Waals surface area contributed by atoms with Gasteiger partial charge in [0.05, 0.1) is 7.11 Å². The molecule has 0 aliphatic rings. The normalized spacial score (nSPS) is 10.6. The molecular formula is C18H14INO4. The van der Waals surface area contributed by atoms with Gasteiger partial charge in [-0.15, -0.1) is 0 Å². The average Bonchev–Trinajstić information content (AvgIpc) is 2.56. The van der Waals surface area contributed by atoms with Crippen molar-refractivity contribution in [2.45, 2.75) is 6.92 Å². The summed E-state index contributed by atoms with van der Waals surface area (Å²) >= 11 is 2.20. The van der Waals surface area contributed by atoms with Gasteiger partial charge in [-0.2, -0.15) is 0 Å². The number of rotatable bonds is 3. The first-order chi connectivity index (χ1) is 11.5. The zero-order valence-electron chi connectivity index (χ0n) is 13.1. The van der Waals surface area contributed by atoms with Crippen LogP contribution in [0.25, 0.3) is 11.0 Å².